The van der Waals surface area contributed by atoms with Gasteiger partial charge in [-0.15, -0.1) is 0 Å². The first kappa shape index (κ1) is 27.6. The Labute approximate surface area is 228 Å². The summed E-state index contributed by atoms with van der Waals surface area (Å²) in [5, 5.41) is 0. The number of ether oxygens (including phenoxy) is 2. The highest BCUT2D eigenvalue weighted by Crippen LogP contribution is 2.33. The van der Waals surface area contributed by atoms with Gasteiger partial charge >= 0.3 is 5.97 Å². The van der Waals surface area contributed by atoms with Gasteiger partial charge in [-0.05, 0) is 43.2 Å². The van der Waals surface area contributed by atoms with Crippen molar-refractivity contribution in [3.05, 3.63) is 83.7 Å². The second-order valence-corrected chi connectivity index (χ2v) is 9.45. The standard InChI is InChI=1S/C31H34N4O4/c1-5-7-13-28-33-29-26(32-21-36)18-24(34(3)4)19-27(29)35(28)20-22-14-16-25(17-15-22)39-30(31(37)38-6-2)23-11-9-8-10-12-23/h8-12,14-19,30H,5-7,13,20H2,1-4H3. The lowest BCUT2D eigenvalue weighted by atomic mass is 10.1. The molecule has 8 nitrogen and oxygen atoms in total. The smallest absolute Gasteiger partial charge is 0.352 e. The van der Waals surface area contributed by atoms with Crippen LogP contribution in [0.2, 0.25) is 0 Å². The fourth-order valence-electron chi connectivity index (χ4n) is 4.42. The number of carbonyl (C=O) groups is 1. The number of benzene rings is 3. The Morgan fingerprint density at radius 1 is 1.08 bits per heavy atom. The molecule has 4 rings (SSSR count). The van der Waals surface area contributed by atoms with Crippen LogP contribution < -0.4 is 9.64 Å². The maximum Gasteiger partial charge on any atom is 0.352 e. The average molecular weight is 527 g/mol. The molecule has 0 saturated heterocycles. The van der Waals surface area contributed by atoms with Crippen molar-refractivity contribution in [1.29, 1.82) is 0 Å². The van der Waals surface area contributed by atoms with Crippen molar-refractivity contribution in [1.82, 2.24) is 9.55 Å². The van der Waals surface area contributed by atoms with Gasteiger partial charge in [-0.1, -0.05) is 55.8 Å². The molecule has 1 heterocycles. The van der Waals surface area contributed by atoms with Gasteiger partial charge in [0.15, 0.2) is 0 Å². The molecular formula is C31H34N4O4. The molecule has 0 aliphatic heterocycles. The largest absolute Gasteiger partial charge is 0.474 e. The molecule has 1 atom stereocenters. The molecule has 8 heteroatoms. The van der Waals surface area contributed by atoms with Crippen LogP contribution in [0, 0.1) is 0 Å². The summed E-state index contributed by atoms with van der Waals surface area (Å²) in [5.74, 6) is 1.08. The third-order valence-electron chi connectivity index (χ3n) is 6.46. The topological polar surface area (TPSA) is 86.0 Å². The van der Waals surface area contributed by atoms with Gasteiger partial charge in [0.05, 0.1) is 12.1 Å². The zero-order chi connectivity index (χ0) is 27.8. The van der Waals surface area contributed by atoms with Gasteiger partial charge in [0.25, 0.3) is 0 Å². The highest BCUT2D eigenvalue weighted by molar-refractivity contribution is 5.92. The molecule has 39 heavy (non-hydrogen) atoms. The Morgan fingerprint density at radius 2 is 1.82 bits per heavy atom. The Bertz CT molecular complexity index is 1460. The first-order chi connectivity index (χ1) is 18.9. The summed E-state index contributed by atoms with van der Waals surface area (Å²) in [6.45, 7) is 4.78. The Kier molecular flexibility index (Phi) is 9.13. The van der Waals surface area contributed by atoms with E-state index in [1.165, 1.54) is 0 Å². The fourth-order valence-corrected chi connectivity index (χ4v) is 4.42. The number of nitrogens with zero attached hydrogens (tertiary/aromatic N) is 4. The van der Waals surface area contributed by atoms with E-state index < -0.39 is 12.1 Å². The predicted octanol–water partition coefficient (Wildman–Crippen LogP) is 6.14. The van der Waals surface area contributed by atoms with E-state index in [1.54, 1.807) is 13.0 Å². The third-order valence-corrected chi connectivity index (χ3v) is 6.46. The van der Waals surface area contributed by atoms with Gasteiger partial charge < -0.3 is 18.9 Å². The number of hydrogen-bond donors (Lipinski definition) is 0. The SMILES string of the molecule is CCCCc1nc2c(N=C=O)cc(N(C)C)cc2n1Cc1ccc(OC(C(=O)OCC)c2ccccc2)cc1. The molecule has 4 aromatic rings. The molecule has 0 bridgehead atoms. The van der Waals surface area contributed by atoms with Gasteiger partial charge in [-0.2, -0.15) is 4.99 Å². The van der Waals surface area contributed by atoms with Crippen LogP contribution in [0.1, 0.15) is 49.7 Å². The second-order valence-electron chi connectivity index (χ2n) is 9.45. The van der Waals surface area contributed by atoms with E-state index in [9.17, 15) is 9.59 Å². The Balaban J connectivity index is 1.66. The summed E-state index contributed by atoms with van der Waals surface area (Å²) < 4.78 is 13.5. The lowest BCUT2D eigenvalue weighted by Gasteiger charge is -2.18. The summed E-state index contributed by atoms with van der Waals surface area (Å²) in [4.78, 5) is 34.6. The second kappa shape index (κ2) is 12.9. The molecule has 0 aliphatic rings. The molecule has 1 aromatic heterocycles. The number of fused-ring (bicyclic) bond motifs is 1. The number of rotatable bonds is 12. The van der Waals surface area contributed by atoms with Crippen molar-refractivity contribution in [2.45, 2.75) is 45.8 Å². The van der Waals surface area contributed by atoms with Gasteiger partial charge in [-0.3, -0.25) is 0 Å². The highest BCUT2D eigenvalue weighted by atomic mass is 16.6. The van der Waals surface area contributed by atoms with E-state index in [1.807, 2.05) is 79.7 Å². The van der Waals surface area contributed by atoms with E-state index in [-0.39, 0.29) is 6.61 Å². The zero-order valence-corrected chi connectivity index (χ0v) is 22.9. The molecule has 0 spiro atoms. The minimum atomic E-state index is -0.850. The summed E-state index contributed by atoms with van der Waals surface area (Å²) in [7, 11) is 3.90. The van der Waals surface area contributed by atoms with Crippen molar-refractivity contribution in [2.75, 3.05) is 25.6 Å². The number of esters is 1. The Hall–Kier alpha value is -4.42. The normalized spacial score (nSPS) is 11.6. The van der Waals surface area contributed by atoms with E-state index in [2.05, 4.69) is 22.5 Å². The number of unbranched alkanes of at least 4 members (excludes halogenated alkanes) is 1. The summed E-state index contributed by atoms with van der Waals surface area (Å²) in [6, 6.07) is 21.0. The van der Waals surface area contributed by atoms with Crippen molar-refractivity contribution < 1.29 is 19.1 Å². The van der Waals surface area contributed by atoms with Crippen molar-refractivity contribution in [2.24, 2.45) is 4.99 Å². The highest BCUT2D eigenvalue weighted by Gasteiger charge is 2.24. The molecule has 3 aromatic carbocycles. The number of anilines is 1. The van der Waals surface area contributed by atoms with Gasteiger partial charge in [0.1, 0.15) is 22.8 Å². The number of carbonyl (C=O) groups excluding carboxylic acids is 2. The lowest BCUT2D eigenvalue weighted by Crippen LogP contribution is -2.21. The van der Waals surface area contributed by atoms with Crippen LogP contribution in [0.4, 0.5) is 11.4 Å². The Morgan fingerprint density at radius 3 is 2.46 bits per heavy atom. The summed E-state index contributed by atoms with van der Waals surface area (Å²) in [5.41, 5.74) is 4.81. The number of hydrogen-bond acceptors (Lipinski definition) is 7. The van der Waals surface area contributed by atoms with Crippen LogP contribution in [-0.2, 0) is 27.3 Å². The molecule has 0 amide bonds. The average Bonchev–Trinajstić information content (AvgIpc) is 3.29. The minimum absolute atomic E-state index is 0.277. The number of imidazole rings is 1. The third kappa shape index (κ3) is 6.54. The first-order valence-corrected chi connectivity index (χ1v) is 13.2. The maximum atomic E-state index is 12.6. The van der Waals surface area contributed by atoms with Crippen molar-refractivity contribution in [3.63, 3.8) is 0 Å². The molecule has 0 fully saturated rings. The van der Waals surface area contributed by atoms with E-state index in [0.29, 0.717) is 23.5 Å². The van der Waals surface area contributed by atoms with Crippen LogP contribution in [0.5, 0.6) is 5.75 Å². The molecule has 1 unspecified atom stereocenters. The van der Waals surface area contributed by atoms with E-state index in [0.717, 1.165) is 47.4 Å². The zero-order valence-electron chi connectivity index (χ0n) is 22.9. The predicted molar refractivity (Wildman–Crippen MR) is 152 cm³/mol. The van der Waals surface area contributed by atoms with Crippen LogP contribution in [-0.4, -0.2) is 42.3 Å². The molecule has 0 radical (unpaired) electrons. The summed E-state index contributed by atoms with van der Waals surface area (Å²) in [6.07, 6.45) is 3.67. The minimum Gasteiger partial charge on any atom is -0.474 e. The molecular weight excluding hydrogens is 492 g/mol. The van der Waals surface area contributed by atoms with Crippen molar-refractivity contribution in [3.8, 4) is 5.75 Å². The maximum absolute atomic E-state index is 12.6. The van der Waals surface area contributed by atoms with Crippen LogP contribution >= 0.6 is 0 Å². The fraction of sp³-hybridized carbons (Fsp3) is 0.323. The van der Waals surface area contributed by atoms with Crippen molar-refractivity contribution >= 4 is 34.5 Å². The summed E-state index contributed by atoms with van der Waals surface area (Å²) >= 11 is 0. The molecule has 0 saturated carbocycles. The number of isocyanates is 1. The molecule has 202 valence electrons. The van der Waals surface area contributed by atoms with E-state index in [4.69, 9.17) is 14.5 Å². The van der Waals surface area contributed by atoms with E-state index >= 15 is 0 Å². The van der Waals surface area contributed by atoms with Crippen LogP contribution in [0.25, 0.3) is 11.0 Å². The quantitative estimate of drug-likeness (QED) is 0.125. The number of aromatic nitrogens is 2. The molecule has 0 N–H and O–H groups in total. The number of aliphatic imine (C=N–C) groups is 1. The molecule has 0 aliphatic carbocycles. The first-order valence-electron chi connectivity index (χ1n) is 13.2. The van der Waals surface area contributed by atoms with Crippen LogP contribution in [0.15, 0.2) is 71.7 Å². The van der Waals surface area contributed by atoms with Crippen LogP contribution in [0.3, 0.4) is 0 Å². The monoisotopic (exact) mass is 526 g/mol. The number of aryl methyl sites for hydroxylation is 1. The van der Waals surface area contributed by atoms with Gasteiger partial charge in [0.2, 0.25) is 12.2 Å². The van der Waals surface area contributed by atoms with Gasteiger partial charge in [-0.25, -0.2) is 14.6 Å². The van der Waals surface area contributed by atoms with Gasteiger partial charge in [0, 0.05) is 38.3 Å². The lowest BCUT2D eigenvalue weighted by molar-refractivity contribution is -0.151.